The zero-order chi connectivity index (χ0) is 15.5. The van der Waals surface area contributed by atoms with Crippen molar-refractivity contribution in [1.29, 1.82) is 0 Å². The van der Waals surface area contributed by atoms with Gasteiger partial charge in [0, 0.05) is 13.1 Å². The van der Waals surface area contributed by atoms with Gasteiger partial charge in [0.2, 0.25) is 11.8 Å². The summed E-state index contributed by atoms with van der Waals surface area (Å²) in [6.45, 7) is 3.49. The Bertz CT molecular complexity index is 395. The van der Waals surface area contributed by atoms with Crippen LogP contribution in [0.5, 0.6) is 0 Å². The van der Waals surface area contributed by atoms with E-state index in [1.54, 1.807) is 5.48 Å². The van der Waals surface area contributed by atoms with Crippen LogP contribution in [0.1, 0.15) is 51.9 Å². The van der Waals surface area contributed by atoms with Crippen molar-refractivity contribution in [1.82, 2.24) is 10.4 Å². The van der Waals surface area contributed by atoms with Crippen molar-refractivity contribution in [2.24, 2.45) is 11.8 Å². The zero-order valence-electron chi connectivity index (χ0n) is 12.7. The summed E-state index contributed by atoms with van der Waals surface area (Å²) < 4.78 is 0. The number of nitrogens with one attached hydrogen (secondary N) is 1. The first-order valence-corrected chi connectivity index (χ1v) is 7.96. The van der Waals surface area contributed by atoms with Crippen LogP contribution in [0.3, 0.4) is 0 Å². The summed E-state index contributed by atoms with van der Waals surface area (Å²) in [5, 5.41) is 19.5. The Morgan fingerprint density at radius 1 is 1.29 bits per heavy atom. The van der Waals surface area contributed by atoms with E-state index in [0.717, 1.165) is 32.4 Å². The van der Waals surface area contributed by atoms with Gasteiger partial charge < -0.3 is 10.0 Å². The van der Waals surface area contributed by atoms with Gasteiger partial charge in [-0.2, -0.15) is 0 Å². The van der Waals surface area contributed by atoms with Gasteiger partial charge in [0.25, 0.3) is 0 Å². The molecule has 3 atom stereocenters. The highest BCUT2D eigenvalue weighted by molar-refractivity contribution is 5.87. The SMILES string of the molecule is CCC[C@@]1(O)CC[C@H](C(=O)N2CCCC2)[C@@H](C(=O)NO)C1. The van der Waals surface area contributed by atoms with Gasteiger partial charge in [-0.05, 0) is 38.5 Å². The first-order chi connectivity index (χ1) is 10.0. The molecule has 1 aliphatic carbocycles. The third-order valence-electron chi connectivity index (χ3n) is 4.90. The lowest BCUT2D eigenvalue weighted by molar-refractivity contribution is -0.152. The Morgan fingerprint density at radius 2 is 1.95 bits per heavy atom. The average molecular weight is 298 g/mol. The minimum Gasteiger partial charge on any atom is -0.390 e. The van der Waals surface area contributed by atoms with Gasteiger partial charge in [-0.25, -0.2) is 5.48 Å². The molecule has 1 heterocycles. The maximum atomic E-state index is 12.6. The minimum atomic E-state index is -0.895. The molecule has 0 bridgehead atoms. The molecule has 0 aromatic heterocycles. The first kappa shape index (κ1) is 16.2. The summed E-state index contributed by atoms with van der Waals surface area (Å²) >= 11 is 0. The van der Waals surface area contributed by atoms with Crippen LogP contribution in [0.25, 0.3) is 0 Å². The van der Waals surface area contributed by atoms with Crippen LogP contribution in [-0.4, -0.2) is 45.7 Å². The van der Waals surface area contributed by atoms with Crippen LogP contribution in [0.15, 0.2) is 0 Å². The van der Waals surface area contributed by atoms with Crippen molar-refractivity contribution in [3.63, 3.8) is 0 Å². The number of hydrogen-bond donors (Lipinski definition) is 3. The van der Waals surface area contributed by atoms with Crippen molar-refractivity contribution in [3.05, 3.63) is 0 Å². The molecule has 2 rings (SSSR count). The fraction of sp³-hybridized carbons (Fsp3) is 0.867. The maximum absolute atomic E-state index is 12.6. The number of carbonyl (C=O) groups is 2. The van der Waals surface area contributed by atoms with Crippen molar-refractivity contribution >= 4 is 11.8 Å². The van der Waals surface area contributed by atoms with Crippen LogP contribution in [-0.2, 0) is 9.59 Å². The molecule has 0 aromatic rings. The lowest BCUT2D eigenvalue weighted by atomic mass is 9.69. The highest BCUT2D eigenvalue weighted by Crippen LogP contribution is 2.40. The van der Waals surface area contributed by atoms with Crippen LogP contribution < -0.4 is 5.48 Å². The minimum absolute atomic E-state index is 0.000325. The maximum Gasteiger partial charge on any atom is 0.247 e. The molecule has 2 aliphatic rings. The van der Waals surface area contributed by atoms with Gasteiger partial charge >= 0.3 is 0 Å². The number of hydrogen-bond acceptors (Lipinski definition) is 4. The van der Waals surface area contributed by atoms with Crippen LogP contribution in [0.4, 0.5) is 0 Å². The van der Waals surface area contributed by atoms with Gasteiger partial charge in [0.1, 0.15) is 0 Å². The molecular formula is C15H26N2O4. The third kappa shape index (κ3) is 3.55. The summed E-state index contributed by atoms with van der Waals surface area (Å²) in [4.78, 5) is 26.3. The van der Waals surface area contributed by atoms with E-state index in [9.17, 15) is 14.7 Å². The van der Waals surface area contributed by atoms with E-state index in [0.29, 0.717) is 19.3 Å². The summed E-state index contributed by atoms with van der Waals surface area (Å²) in [5.41, 5.74) is 0.774. The summed E-state index contributed by atoms with van der Waals surface area (Å²) in [7, 11) is 0. The summed E-state index contributed by atoms with van der Waals surface area (Å²) in [6.07, 6.45) is 4.76. The highest BCUT2D eigenvalue weighted by atomic mass is 16.5. The number of nitrogens with zero attached hydrogens (tertiary/aromatic N) is 1. The average Bonchev–Trinajstić information content (AvgIpc) is 3.00. The molecule has 21 heavy (non-hydrogen) atoms. The lowest BCUT2D eigenvalue weighted by Crippen LogP contribution is -2.50. The van der Waals surface area contributed by atoms with Gasteiger partial charge in [0.05, 0.1) is 17.4 Å². The van der Waals surface area contributed by atoms with Crippen molar-refractivity contribution < 1.29 is 19.9 Å². The van der Waals surface area contributed by atoms with Gasteiger partial charge in [-0.1, -0.05) is 13.3 Å². The van der Waals surface area contributed by atoms with E-state index in [1.165, 1.54) is 0 Å². The molecule has 0 spiro atoms. The molecular weight excluding hydrogens is 272 g/mol. The fourth-order valence-electron chi connectivity index (χ4n) is 3.80. The van der Waals surface area contributed by atoms with Crippen molar-refractivity contribution in [3.8, 4) is 0 Å². The molecule has 0 aromatic carbocycles. The number of aliphatic hydroxyl groups is 1. The molecule has 120 valence electrons. The highest BCUT2D eigenvalue weighted by Gasteiger charge is 2.46. The smallest absolute Gasteiger partial charge is 0.247 e. The third-order valence-corrected chi connectivity index (χ3v) is 4.90. The van der Waals surface area contributed by atoms with E-state index in [2.05, 4.69) is 0 Å². The zero-order valence-corrected chi connectivity index (χ0v) is 12.7. The van der Waals surface area contributed by atoms with Gasteiger partial charge in [-0.3, -0.25) is 14.8 Å². The Labute approximate surface area is 125 Å². The van der Waals surface area contributed by atoms with Gasteiger partial charge in [-0.15, -0.1) is 0 Å². The molecule has 1 aliphatic heterocycles. The van der Waals surface area contributed by atoms with E-state index < -0.39 is 23.3 Å². The second kappa shape index (κ2) is 6.75. The van der Waals surface area contributed by atoms with Crippen molar-refractivity contribution in [2.75, 3.05) is 13.1 Å². The molecule has 6 nitrogen and oxygen atoms in total. The Hall–Kier alpha value is -1.14. The van der Waals surface area contributed by atoms with Crippen LogP contribution in [0, 0.1) is 11.8 Å². The number of amides is 2. The van der Waals surface area contributed by atoms with Crippen LogP contribution in [0.2, 0.25) is 0 Å². The molecule has 1 saturated carbocycles. The number of hydroxylamine groups is 1. The second-order valence-electron chi connectivity index (χ2n) is 6.44. The summed E-state index contributed by atoms with van der Waals surface area (Å²) in [6, 6.07) is 0. The van der Waals surface area contributed by atoms with Gasteiger partial charge in [0.15, 0.2) is 0 Å². The molecule has 2 amide bonds. The molecule has 0 radical (unpaired) electrons. The lowest BCUT2D eigenvalue weighted by Gasteiger charge is -2.41. The second-order valence-corrected chi connectivity index (χ2v) is 6.44. The Balaban J connectivity index is 2.12. The molecule has 3 N–H and O–H groups in total. The van der Waals surface area contributed by atoms with E-state index in [4.69, 9.17) is 5.21 Å². The molecule has 0 unspecified atom stereocenters. The Morgan fingerprint density at radius 3 is 2.52 bits per heavy atom. The monoisotopic (exact) mass is 298 g/mol. The largest absolute Gasteiger partial charge is 0.390 e. The number of likely N-dealkylation sites (tertiary alicyclic amines) is 1. The quantitative estimate of drug-likeness (QED) is 0.535. The standard InChI is InChI=1S/C15H26N2O4/c1-2-6-15(20)7-5-11(12(10-15)13(18)16-21)14(19)17-8-3-4-9-17/h11-12,20-21H,2-10H2,1H3,(H,16,18)/t11-,12-,15+/m0/s1. The number of carbonyl (C=O) groups excluding carboxylic acids is 2. The molecule has 6 heteroatoms. The van der Waals surface area contributed by atoms with E-state index >= 15 is 0 Å². The predicted octanol–water partition coefficient (Wildman–Crippen LogP) is 1.06. The first-order valence-electron chi connectivity index (χ1n) is 7.96. The fourth-order valence-corrected chi connectivity index (χ4v) is 3.80. The Kier molecular flexibility index (Phi) is 5.22. The molecule has 1 saturated heterocycles. The topological polar surface area (TPSA) is 89.9 Å². The molecule has 2 fully saturated rings. The number of rotatable bonds is 4. The van der Waals surface area contributed by atoms with Crippen LogP contribution >= 0.6 is 0 Å². The predicted molar refractivity (Wildman–Crippen MR) is 76.4 cm³/mol. The van der Waals surface area contributed by atoms with E-state index in [-0.39, 0.29) is 12.3 Å². The summed E-state index contributed by atoms with van der Waals surface area (Å²) in [5.74, 6) is -1.62. The normalized spacial score (nSPS) is 33.0. The van der Waals surface area contributed by atoms with E-state index in [1.807, 2.05) is 11.8 Å². The van der Waals surface area contributed by atoms with Crippen molar-refractivity contribution in [2.45, 2.75) is 57.5 Å².